The van der Waals surface area contributed by atoms with Crippen LogP contribution in [-0.2, 0) is 16.2 Å². The van der Waals surface area contributed by atoms with Gasteiger partial charge in [-0.15, -0.1) is 0 Å². The number of piperazine rings is 1. The normalized spacial score (nSPS) is 14.2. The number of anilines is 1. The van der Waals surface area contributed by atoms with Crippen LogP contribution < -0.4 is 4.72 Å². The van der Waals surface area contributed by atoms with Crippen LogP contribution in [0.1, 0.15) is 31.8 Å². The Morgan fingerprint density at radius 2 is 1.59 bits per heavy atom. The second-order valence-corrected chi connectivity index (χ2v) is 11.1. The number of aryl methyl sites for hydroxylation is 1. The summed E-state index contributed by atoms with van der Waals surface area (Å²) in [5, 5.41) is 0.677. The van der Waals surface area contributed by atoms with Gasteiger partial charge in [-0.25, -0.2) is 8.42 Å². The van der Waals surface area contributed by atoms with E-state index in [1.165, 1.54) is 34.2 Å². The van der Waals surface area contributed by atoms with Crippen molar-refractivity contribution in [1.29, 1.82) is 0 Å². The standard InChI is InChI=1S/C28H24F3N5O4S/c1-18-16-20(7-8-23(18)34-41(39,40)24-6-2-4-19-5-3-10-33-25(19)24)26(37)35-12-14-36(15-13-35)27(38)21-17-32-11-9-22(21)28(29,30)31/h2-11,16-17,34H,12-15H2,1H3. The topological polar surface area (TPSA) is 113 Å². The summed E-state index contributed by atoms with van der Waals surface area (Å²) < 4.78 is 68.9. The van der Waals surface area contributed by atoms with Gasteiger partial charge in [0, 0.05) is 55.7 Å². The number of fused-ring (bicyclic) bond motifs is 1. The third-order valence-electron chi connectivity index (χ3n) is 6.81. The lowest BCUT2D eigenvalue weighted by atomic mass is 10.1. The quantitative estimate of drug-likeness (QED) is 0.374. The van der Waals surface area contributed by atoms with E-state index < -0.39 is 33.2 Å². The molecule has 0 radical (unpaired) electrons. The zero-order valence-electron chi connectivity index (χ0n) is 21.7. The van der Waals surface area contributed by atoms with Crippen LogP contribution in [0, 0.1) is 6.92 Å². The van der Waals surface area contributed by atoms with Gasteiger partial charge in [0.2, 0.25) is 0 Å². The molecule has 1 fully saturated rings. The molecule has 0 aliphatic carbocycles. The summed E-state index contributed by atoms with van der Waals surface area (Å²) in [6, 6.07) is 13.7. The molecule has 5 rings (SSSR count). The van der Waals surface area contributed by atoms with Crippen molar-refractivity contribution in [3.05, 3.63) is 95.4 Å². The van der Waals surface area contributed by atoms with E-state index in [-0.39, 0.29) is 37.0 Å². The van der Waals surface area contributed by atoms with Gasteiger partial charge >= 0.3 is 6.18 Å². The molecule has 2 amide bonds. The van der Waals surface area contributed by atoms with E-state index in [1.54, 1.807) is 37.3 Å². The van der Waals surface area contributed by atoms with Crippen LogP contribution in [0.25, 0.3) is 10.9 Å². The first-order chi connectivity index (χ1) is 19.5. The summed E-state index contributed by atoms with van der Waals surface area (Å²) >= 11 is 0. The lowest BCUT2D eigenvalue weighted by Crippen LogP contribution is -2.50. The Balaban J connectivity index is 1.27. The molecule has 0 atom stereocenters. The smallest absolute Gasteiger partial charge is 0.335 e. The van der Waals surface area contributed by atoms with Crippen molar-refractivity contribution < 1.29 is 31.2 Å². The molecule has 3 heterocycles. The van der Waals surface area contributed by atoms with Crippen LogP contribution in [0.4, 0.5) is 18.9 Å². The summed E-state index contributed by atoms with van der Waals surface area (Å²) in [5.41, 5.74) is -0.141. The number of pyridine rings is 2. The number of rotatable bonds is 5. The Kier molecular flexibility index (Phi) is 7.39. The molecule has 13 heteroatoms. The number of amides is 2. The summed E-state index contributed by atoms with van der Waals surface area (Å²) in [6.45, 7) is 2.00. The van der Waals surface area contributed by atoms with E-state index in [9.17, 15) is 31.2 Å². The summed E-state index contributed by atoms with van der Waals surface area (Å²) in [5.74, 6) is -1.14. The largest absolute Gasteiger partial charge is 0.417 e. The van der Waals surface area contributed by atoms with Crippen LogP contribution in [0.2, 0.25) is 0 Å². The van der Waals surface area contributed by atoms with Crippen molar-refractivity contribution in [2.45, 2.75) is 18.0 Å². The van der Waals surface area contributed by atoms with Crippen LogP contribution in [0.15, 0.2) is 78.1 Å². The van der Waals surface area contributed by atoms with Crippen LogP contribution >= 0.6 is 0 Å². The second-order valence-electron chi connectivity index (χ2n) is 9.47. The molecule has 0 spiro atoms. The molecule has 4 aromatic rings. The molecule has 1 saturated heterocycles. The third-order valence-corrected chi connectivity index (χ3v) is 8.21. The number of alkyl halides is 3. The summed E-state index contributed by atoms with van der Waals surface area (Å²) in [7, 11) is -3.99. The molecule has 0 saturated carbocycles. The van der Waals surface area contributed by atoms with Crippen LogP contribution in [0.3, 0.4) is 0 Å². The van der Waals surface area contributed by atoms with E-state index in [1.807, 2.05) is 0 Å². The van der Waals surface area contributed by atoms with E-state index >= 15 is 0 Å². The highest BCUT2D eigenvalue weighted by atomic mass is 32.2. The van der Waals surface area contributed by atoms with Gasteiger partial charge in [-0.3, -0.25) is 24.3 Å². The van der Waals surface area contributed by atoms with Crippen molar-refractivity contribution in [2.24, 2.45) is 0 Å². The summed E-state index contributed by atoms with van der Waals surface area (Å²) in [4.78, 5) is 36.6. The molecule has 1 aliphatic heterocycles. The van der Waals surface area contributed by atoms with Gasteiger partial charge in [0.05, 0.1) is 22.3 Å². The van der Waals surface area contributed by atoms with Crippen molar-refractivity contribution in [3.8, 4) is 0 Å². The first-order valence-electron chi connectivity index (χ1n) is 12.5. The molecule has 0 bridgehead atoms. The molecule has 1 aliphatic rings. The maximum Gasteiger partial charge on any atom is 0.417 e. The maximum atomic E-state index is 13.3. The zero-order valence-corrected chi connectivity index (χ0v) is 22.5. The fourth-order valence-corrected chi connectivity index (χ4v) is 5.99. The number of halogens is 3. The predicted octanol–water partition coefficient (Wildman–Crippen LogP) is 4.36. The Morgan fingerprint density at radius 1 is 0.902 bits per heavy atom. The van der Waals surface area contributed by atoms with Crippen LogP contribution in [-0.4, -0.2) is 66.2 Å². The number of hydrogen-bond acceptors (Lipinski definition) is 6. The van der Waals surface area contributed by atoms with Gasteiger partial charge < -0.3 is 9.80 Å². The second kappa shape index (κ2) is 10.8. The van der Waals surface area contributed by atoms with E-state index in [2.05, 4.69) is 14.7 Å². The lowest BCUT2D eigenvalue weighted by molar-refractivity contribution is -0.138. The van der Waals surface area contributed by atoms with E-state index in [0.29, 0.717) is 27.7 Å². The Hall–Kier alpha value is -4.52. The fourth-order valence-electron chi connectivity index (χ4n) is 4.68. The fraction of sp³-hybridized carbons (Fsp3) is 0.214. The maximum absolute atomic E-state index is 13.3. The number of nitrogens with one attached hydrogen (secondary N) is 1. The van der Waals surface area contributed by atoms with Crippen molar-refractivity contribution in [3.63, 3.8) is 0 Å². The SMILES string of the molecule is Cc1cc(C(=O)N2CCN(C(=O)c3cnccc3C(F)(F)F)CC2)ccc1NS(=O)(=O)c1cccc2cccnc12. The highest BCUT2D eigenvalue weighted by Crippen LogP contribution is 2.32. The number of benzene rings is 2. The van der Waals surface area contributed by atoms with Crippen LogP contribution in [0.5, 0.6) is 0 Å². The number of hydrogen-bond donors (Lipinski definition) is 1. The predicted molar refractivity (Wildman–Crippen MR) is 145 cm³/mol. The Bertz CT molecular complexity index is 1750. The highest BCUT2D eigenvalue weighted by molar-refractivity contribution is 7.93. The summed E-state index contributed by atoms with van der Waals surface area (Å²) in [6.07, 6.45) is -1.30. The van der Waals surface area contributed by atoms with E-state index in [0.717, 1.165) is 18.5 Å². The number of sulfonamides is 1. The van der Waals surface area contributed by atoms with Gasteiger partial charge in [-0.05, 0) is 48.9 Å². The molecule has 2 aromatic heterocycles. The van der Waals surface area contributed by atoms with Crippen molar-refractivity contribution in [2.75, 3.05) is 30.9 Å². The Labute approximate surface area is 233 Å². The molecular formula is C28H24F3N5O4S. The minimum atomic E-state index is -4.70. The molecule has 1 N–H and O–H groups in total. The zero-order chi connectivity index (χ0) is 29.4. The van der Waals surface area contributed by atoms with Crippen molar-refractivity contribution in [1.82, 2.24) is 19.8 Å². The molecule has 41 heavy (non-hydrogen) atoms. The number of para-hydroxylation sites is 1. The van der Waals surface area contributed by atoms with Gasteiger partial charge in [-0.2, -0.15) is 13.2 Å². The van der Waals surface area contributed by atoms with Crippen molar-refractivity contribution >= 4 is 38.4 Å². The highest BCUT2D eigenvalue weighted by Gasteiger charge is 2.37. The molecule has 0 unspecified atom stereocenters. The molecule has 9 nitrogen and oxygen atoms in total. The Morgan fingerprint density at radius 3 is 2.27 bits per heavy atom. The monoisotopic (exact) mass is 583 g/mol. The van der Waals surface area contributed by atoms with Gasteiger partial charge in [0.1, 0.15) is 4.90 Å². The first kappa shape index (κ1) is 28.0. The van der Waals surface area contributed by atoms with Gasteiger partial charge in [0.15, 0.2) is 0 Å². The molecule has 2 aromatic carbocycles. The van der Waals surface area contributed by atoms with Gasteiger partial charge in [0.25, 0.3) is 21.8 Å². The van der Waals surface area contributed by atoms with E-state index in [4.69, 9.17) is 0 Å². The first-order valence-corrected chi connectivity index (χ1v) is 14.0. The van der Waals surface area contributed by atoms with Gasteiger partial charge in [-0.1, -0.05) is 18.2 Å². The lowest BCUT2D eigenvalue weighted by Gasteiger charge is -2.35. The number of carbonyl (C=O) groups is 2. The molecule has 212 valence electrons. The number of aromatic nitrogens is 2. The third kappa shape index (κ3) is 5.71. The average molecular weight is 584 g/mol. The molecular weight excluding hydrogens is 559 g/mol. The number of nitrogens with zero attached hydrogens (tertiary/aromatic N) is 4. The number of carbonyl (C=O) groups excluding carboxylic acids is 2. The average Bonchev–Trinajstić information content (AvgIpc) is 2.96. The minimum absolute atomic E-state index is 0.0243. The minimum Gasteiger partial charge on any atom is -0.335 e.